The molecule has 0 unspecified atom stereocenters. The van der Waals surface area contributed by atoms with E-state index in [-0.39, 0.29) is 17.9 Å². The third-order valence-electron chi connectivity index (χ3n) is 4.05. The summed E-state index contributed by atoms with van der Waals surface area (Å²) >= 11 is 12.1. The summed E-state index contributed by atoms with van der Waals surface area (Å²) < 4.78 is 5.91. The molecule has 2 aromatic carbocycles. The number of nitrogens with one attached hydrogen (secondary N) is 1. The van der Waals surface area contributed by atoms with Crippen molar-refractivity contribution in [1.82, 2.24) is 5.32 Å². The largest absolute Gasteiger partial charge is 0.489 e. The highest BCUT2D eigenvalue weighted by molar-refractivity contribution is 6.35. The van der Waals surface area contributed by atoms with E-state index in [0.717, 1.165) is 24.3 Å². The zero-order chi connectivity index (χ0) is 19.4. The van der Waals surface area contributed by atoms with Crippen molar-refractivity contribution in [3.63, 3.8) is 0 Å². The van der Waals surface area contributed by atoms with Gasteiger partial charge in [0.25, 0.3) is 0 Å². The molecule has 0 fully saturated rings. The van der Waals surface area contributed by atoms with Crippen LogP contribution in [0.2, 0.25) is 10.0 Å². The molecule has 0 spiro atoms. The highest BCUT2D eigenvalue weighted by Gasteiger charge is 2.24. The first-order valence-electron chi connectivity index (χ1n) is 8.95. The Morgan fingerprint density at radius 1 is 0.963 bits per heavy atom. The second kappa shape index (κ2) is 10.0. The molecule has 2 rings (SSSR count). The van der Waals surface area contributed by atoms with Crippen LogP contribution in [0, 0.1) is 5.41 Å². The maximum atomic E-state index is 6.21. The van der Waals surface area contributed by atoms with Gasteiger partial charge in [-0.15, -0.1) is 12.4 Å². The van der Waals surface area contributed by atoms with E-state index < -0.39 is 0 Å². The fourth-order valence-electron chi connectivity index (χ4n) is 3.27. The van der Waals surface area contributed by atoms with E-state index in [9.17, 15) is 0 Å². The number of benzene rings is 2. The van der Waals surface area contributed by atoms with Gasteiger partial charge in [-0.2, -0.15) is 0 Å². The summed E-state index contributed by atoms with van der Waals surface area (Å²) in [6, 6.07) is 13.6. The third-order valence-corrected chi connectivity index (χ3v) is 4.64. The van der Waals surface area contributed by atoms with Gasteiger partial charge >= 0.3 is 0 Å². The predicted molar refractivity (Wildman–Crippen MR) is 119 cm³/mol. The van der Waals surface area contributed by atoms with Crippen molar-refractivity contribution >= 4 is 35.6 Å². The summed E-state index contributed by atoms with van der Waals surface area (Å²) in [6.45, 7) is 12.5. The van der Waals surface area contributed by atoms with Gasteiger partial charge < -0.3 is 10.1 Å². The van der Waals surface area contributed by atoms with Crippen LogP contribution in [0.5, 0.6) is 5.75 Å². The van der Waals surface area contributed by atoms with Crippen molar-refractivity contribution in [2.45, 2.75) is 59.7 Å². The van der Waals surface area contributed by atoms with E-state index >= 15 is 0 Å². The Kier molecular flexibility index (Phi) is 8.95. The van der Waals surface area contributed by atoms with Crippen LogP contribution in [0.15, 0.2) is 42.5 Å². The molecule has 0 atom stereocenters. The zero-order valence-electron chi connectivity index (χ0n) is 16.7. The van der Waals surface area contributed by atoms with Crippen molar-refractivity contribution in [2.75, 3.05) is 0 Å². The van der Waals surface area contributed by atoms with Gasteiger partial charge in [-0.05, 0) is 55.5 Å². The highest BCUT2D eigenvalue weighted by Crippen LogP contribution is 2.27. The second-order valence-corrected chi connectivity index (χ2v) is 9.49. The van der Waals surface area contributed by atoms with Crippen LogP contribution in [-0.4, -0.2) is 5.54 Å². The van der Waals surface area contributed by atoms with Crippen LogP contribution < -0.4 is 10.1 Å². The Balaban J connectivity index is 0.00000364. The van der Waals surface area contributed by atoms with E-state index in [1.807, 2.05) is 24.3 Å². The molecule has 0 amide bonds. The van der Waals surface area contributed by atoms with Gasteiger partial charge in [-0.1, -0.05) is 62.2 Å². The van der Waals surface area contributed by atoms with Crippen LogP contribution >= 0.6 is 35.6 Å². The topological polar surface area (TPSA) is 21.3 Å². The molecule has 1 N–H and O–H groups in total. The summed E-state index contributed by atoms with van der Waals surface area (Å²) in [5.74, 6) is 0.837. The Hall–Kier alpha value is -0.930. The molecule has 0 aliphatic carbocycles. The van der Waals surface area contributed by atoms with Gasteiger partial charge in [-0.25, -0.2) is 0 Å². The molecule has 0 aliphatic heterocycles. The van der Waals surface area contributed by atoms with Gasteiger partial charge in [-0.3, -0.25) is 0 Å². The van der Waals surface area contributed by atoms with Crippen LogP contribution in [0.1, 0.15) is 52.2 Å². The van der Waals surface area contributed by atoms with Crippen molar-refractivity contribution in [2.24, 2.45) is 5.41 Å². The van der Waals surface area contributed by atoms with Gasteiger partial charge in [0.2, 0.25) is 0 Å². The van der Waals surface area contributed by atoms with E-state index in [1.54, 1.807) is 6.07 Å². The lowest BCUT2D eigenvalue weighted by molar-refractivity contribution is 0.240. The minimum absolute atomic E-state index is 0. The fraction of sp³-hybridized carbons (Fsp3) is 0.455. The van der Waals surface area contributed by atoms with Crippen molar-refractivity contribution in [3.05, 3.63) is 63.6 Å². The maximum absolute atomic E-state index is 6.21. The van der Waals surface area contributed by atoms with E-state index in [2.05, 4.69) is 52.1 Å². The molecular formula is C22H30Cl3NO. The Morgan fingerprint density at radius 3 is 2.30 bits per heavy atom. The molecule has 5 heteroatoms. The number of ether oxygens (including phenoxy) is 1. The average molecular weight is 431 g/mol. The minimum Gasteiger partial charge on any atom is -0.489 e. The number of hydrogen-bond acceptors (Lipinski definition) is 2. The van der Waals surface area contributed by atoms with Crippen LogP contribution in [0.25, 0.3) is 0 Å². The van der Waals surface area contributed by atoms with E-state index in [0.29, 0.717) is 22.1 Å². The number of halogens is 3. The molecule has 0 saturated carbocycles. The molecule has 150 valence electrons. The maximum Gasteiger partial charge on any atom is 0.120 e. The minimum atomic E-state index is 0. The molecular weight excluding hydrogens is 401 g/mol. The highest BCUT2D eigenvalue weighted by atomic mass is 35.5. The van der Waals surface area contributed by atoms with Crippen LogP contribution in [0.3, 0.4) is 0 Å². The normalized spacial score (nSPS) is 11.8. The molecule has 27 heavy (non-hydrogen) atoms. The molecule has 2 aromatic rings. The van der Waals surface area contributed by atoms with Gasteiger partial charge in [0, 0.05) is 27.7 Å². The monoisotopic (exact) mass is 429 g/mol. The zero-order valence-corrected chi connectivity index (χ0v) is 19.1. The van der Waals surface area contributed by atoms with Crippen LogP contribution in [-0.2, 0) is 13.2 Å². The predicted octanol–water partition coefficient (Wildman–Crippen LogP) is 7.30. The fourth-order valence-corrected chi connectivity index (χ4v) is 3.74. The summed E-state index contributed by atoms with van der Waals surface area (Å²) in [6.07, 6.45) is 1.10. The first-order valence-corrected chi connectivity index (χ1v) is 9.70. The van der Waals surface area contributed by atoms with Gasteiger partial charge in [0.1, 0.15) is 12.4 Å². The summed E-state index contributed by atoms with van der Waals surface area (Å²) in [4.78, 5) is 0. The Morgan fingerprint density at radius 2 is 1.67 bits per heavy atom. The summed E-state index contributed by atoms with van der Waals surface area (Å²) in [7, 11) is 0. The lowest BCUT2D eigenvalue weighted by atomic mass is 9.82. The summed E-state index contributed by atoms with van der Waals surface area (Å²) in [5.41, 5.74) is 2.49. The van der Waals surface area contributed by atoms with E-state index in [4.69, 9.17) is 27.9 Å². The number of hydrogen-bond donors (Lipinski definition) is 1. The molecule has 0 radical (unpaired) electrons. The first kappa shape index (κ1) is 24.1. The molecule has 2 nitrogen and oxygen atoms in total. The second-order valence-electron chi connectivity index (χ2n) is 8.65. The third kappa shape index (κ3) is 8.74. The summed E-state index contributed by atoms with van der Waals surface area (Å²) in [5, 5.41) is 4.91. The first-order chi connectivity index (χ1) is 12.0. The molecule has 0 aliphatic rings. The van der Waals surface area contributed by atoms with E-state index in [1.165, 1.54) is 5.56 Å². The molecule has 0 heterocycles. The van der Waals surface area contributed by atoms with Crippen molar-refractivity contribution in [1.29, 1.82) is 0 Å². The van der Waals surface area contributed by atoms with Gasteiger partial charge in [0.15, 0.2) is 0 Å². The Bertz CT molecular complexity index is 739. The van der Waals surface area contributed by atoms with Crippen LogP contribution in [0.4, 0.5) is 0 Å². The Labute approximate surface area is 180 Å². The SMILES string of the molecule is CC(C)(C)CC(C)(C)NCc1cccc(OCc2ccc(Cl)cc2Cl)c1.Cl. The molecule has 0 saturated heterocycles. The standard InChI is InChI=1S/C22H29Cl2NO.ClH/c1-21(2,3)15-22(4,5)25-13-16-7-6-8-19(11-16)26-14-17-9-10-18(23)12-20(17)24;/h6-12,25H,13-15H2,1-5H3;1H. The molecule has 0 aromatic heterocycles. The average Bonchev–Trinajstić information content (AvgIpc) is 2.50. The lowest BCUT2D eigenvalue weighted by Crippen LogP contribution is -2.41. The quantitative estimate of drug-likeness (QED) is 0.497. The smallest absolute Gasteiger partial charge is 0.120 e. The number of rotatable bonds is 7. The lowest BCUT2D eigenvalue weighted by Gasteiger charge is -2.33. The molecule has 0 bridgehead atoms. The van der Waals surface area contributed by atoms with Crippen molar-refractivity contribution < 1.29 is 4.74 Å². The van der Waals surface area contributed by atoms with Crippen molar-refractivity contribution in [3.8, 4) is 5.75 Å². The van der Waals surface area contributed by atoms with Gasteiger partial charge in [0.05, 0.1) is 0 Å².